The van der Waals surface area contributed by atoms with Crippen molar-refractivity contribution in [3.63, 3.8) is 0 Å². The van der Waals surface area contributed by atoms with Crippen LogP contribution >= 0.6 is 54.5 Å². The number of thiazole rings is 1. The Morgan fingerprint density at radius 1 is 1.18 bits per heavy atom. The number of allylic oxidation sites excluding steroid dienone is 1. The summed E-state index contributed by atoms with van der Waals surface area (Å²) in [6, 6.07) is 14.8. The van der Waals surface area contributed by atoms with Crippen molar-refractivity contribution in [3.05, 3.63) is 110 Å². The summed E-state index contributed by atoms with van der Waals surface area (Å²) in [6.07, 6.45) is 1.80. The third-order valence-electron chi connectivity index (χ3n) is 6.18. The molecule has 0 radical (unpaired) electrons. The van der Waals surface area contributed by atoms with Crippen LogP contribution in [0.2, 0.25) is 0 Å². The van der Waals surface area contributed by atoms with Crippen LogP contribution in [0.25, 0.3) is 6.08 Å². The Kier molecular flexibility index (Phi) is 8.74. The number of rotatable bonds is 8. The standard InChI is InChI=1S/C29H24Br2N2O5S2/c1-4-37-28(35)24-16(2)32-29-33(25(24)22-6-5-11-39-22)27(34)23(40-29)14-18-12-20(31)26(21(13-18)36-3)38-15-17-7-9-19(30)10-8-17/h5-14,25H,4,15H2,1-3H3/b23-14-/t25-/m0/s1. The van der Waals surface area contributed by atoms with E-state index in [9.17, 15) is 9.59 Å². The maximum absolute atomic E-state index is 13.8. The molecule has 3 heterocycles. The second-order valence-corrected chi connectivity index (χ2v) is 12.5. The Morgan fingerprint density at radius 3 is 2.62 bits per heavy atom. The van der Waals surface area contributed by atoms with Crippen LogP contribution in [0.15, 0.2) is 83.9 Å². The zero-order valence-corrected chi connectivity index (χ0v) is 26.6. The van der Waals surface area contributed by atoms with Gasteiger partial charge in [-0.1, -0.05) is 45.5 Å². The SMILES string of the molecule is CCOC(=O)C1=C(C)N=c2s/c(=C\c3cc(Br)c(OCc4ccc(Br)cc4)c(OC)c3)c(=O)n2[C@H]1c1cccs1. The molecule has 0 fully saturated rings. The summed E-state index contributed by atoms with van der Waals surface area (Å²) in [5, 5.41) is 1.92. The molecule has 1 atom stereocenters. The van der Waals surface area contributed by atoms with E-state index in [2.05, 4.69) is 36.9 Å². The zero-order chi connectivity index (χ0) is 28.4. The van der Waals surface area contributed by atoms with Gasteiger partial charge >= 0.3 is 5.97 Å². The highest BCUT2D eigenvalue weighted by Gasteiger charge is 2.33. The number of nitrogens with zero attached hydrogens (tertiary/aromatic N) is 2. The minimum Gasteiger partial charge on any atom is -0.493 e. The number of benzene rings is 2. The maximum Gasteiger partial charge on any atom is 0.338 e. The lowest BCUT2D eigenvalue weighted by atomic mass is 10.0. The molecule has 5 rings (SSSR count). The van der Waals surface area contributed by atoms with E-state index in [-0.39, 0.29) is 12.2 Å². The molecule has 40 heavy (non-hydrogen) atoms. The fraction of sp³-hybridized carbons (Fsp3) is 0.207. The number of carbonyl (C=O) groups is 1. The maximum atomic E-state index is 13.8. The van der Waals surface area contributed by atoms with Gasteiger partial charge in [-0.05, 0) is 82.7 Å². The van der Waals surface area contributed by atoms with Gasteiger partial charge in [0.25, 0.3) is 5.56 Å². The summed E-state index contributed by atoms with van der Waals surface area (Å²) in [6.45, 7) is 4.13. The van der Waals surface area contributed by atoms with Crippen LogP contribution in [0.4, 0.5) is 0 Å². The number of hydrogen-bond acceptors (Lipinski definition) is 8. The number of halogens is 2. The van der Waals surface area contributed by atoms with Crippen LogP contribution in [0.5, 0.6) is 11.5 Å². The first-order valence-electron chi connectivity index (χ1n) is 12.3. The Hall–Kier alpha value is -2.99. The van der Waals surface area contributed by atoms with E-state index < -0.39 is 12.0 Å². The lowest BCUT2D eigenvalue weighted by Gasteiger charge is -2.23. The van der Waals surface area contributed by atoms with Gasteiger partial charge in [0.1, 0.15) is 12.6 Å². The molecule has 0 saturated heterocycles. The first-order chi connectivity index (χ1) is 19.3. The summed E-state index contributed by atoms with van der Waals surface area (Å²) >= 11 is 9.81. The predicted molar refractivity (Wildman–Crippen MR) is 164 cm³/mol. The van der Waals surface area contributed by atoms with E-state index in [0.717, 1.165) is 20.5 Å². The molecule has 0 aliphatic carbocycles. The van der Waals surface area contributed by atoms with Gasteiger partial charge in [-0.3, -0.25) is 9.36 Å². The van der Waals surface area contributed by atoms with Crippen LogP contribution in [0.3, 0.4) is 0 Å². The number of aromatic nitrogens is 1. The third-order valence-corrected chi connectivity index (χ3v) is 9.20. The first-order valence-corrected chi connectivity index (χ1v) is 15.6. The highest BCUT2D eigenvalue weighted by atomic mass is 79.9. The lowest BCUT2D eigenvalue weighted by Crippen LogP contribution is -2.39. The molecule has 0 unspecified atom stereocenters. The molecule has 2 aromatic heterocycles. The van der Waals surface area contributed by atoms with Gasteiger partial charge in [-0.2, -0.15) is 0 Å². The normalized spacial score (nSPS) is 15.0. The molecule has 0 bridgehead atoms. The van der Waals surface area contributed by atoms with E-state index in [1.165, 1.54) is 22.7 Å². The zero-order valence-electron chi connectivity index (χ0n) is 21.8. The van der Waals surface area contributed by atoms with Gasteiger partial charge in [0.15, 0.2) is 16.3 Å². The molecule has 206 valence electrons. The predicted octanol–water partition coefficient (Wildman–Crippen LogP) is 5.97. The monoisotopic (exact) mass is 702 g/mol. The van der Waals surface area contributed by atoms with Crippen molar-refractivity contribution in [2.24, 2.45) is 4.99 Å². The topological polar surface area (TPSA) is 79.1 Å². The smallest absolute Gasteiger partial charge is 0.338 e. The molecule has 4 aromatic rings. The average Bonchev–Trinajstić information content (AvgIpc) is 3.56. The Bertz CT molecular complexity index is 1770. The van der Waals surface area contributed by atoms with Crippen LogP contribution in [-0.2, 0) is 16.1 Å². The molecular weight excluding hydrogens is 680 g/mol. The van der Waals surface area contributed by atoms with E-state index in [1.54, 1.807) is 31.6 Å². The highest BCUT2D eigenvalue weighted by molar-refractivity contribution is 9.10. The molecule has 1 aliphatic heterocycles. The lowest BCUT2D eigenvalue weighted by molar-refractivity contribution is -0.139. The van der Waals surface area contributed by atoms with E-state index >= 15 is 0 Å². The van der Waals surface area contributed by atoms with Crippen LogP contribution in [0, 0.1) is 0 Å². The number of ether oxygens (including phenoxy) is 3. The number of carbonyl (C=O) groups excluding carboxylic acids is 1. The molecular formula is C29H24Br2N2O5S2. The van der Waals surface area contributed by atoms with Gasteiger partial charge in [-0.15, -0.1) is 11.3 Å². The number of hydrogen-bond donors (Lipinski definition) is 0. The third kappa shape index (κ3) is 5.74. The van der Waals surface area contributed by atoms with Crippen molar-refractivity contribution in [2.75, 3.05) is 13.7 Å². The van der Waals surface area contributed by atoms with Crippen molar-refractivity contribution in [1.82, 2.24) is 4.57 Å². The number of esters is 1. The van der Waals surface area contributed by atoms with Gasteiger partial charge in [-0.25, -0.2) is 9.79 Å². The van der Waals surface area contributed by atoms with Gasteiger partial charge in [0.2, 0.25) is 0 Å². The van der Waals surface area contributed by atoms with Crippen molar-refractivity contribution < 1.29 is 19.0 Å². The van der Waals surface area contributed by atoms with Crippen LogP contribution in [-0.4, -0.2) is 24.3 Å². The molecule has 0 spiro atoms. The average molecular weight is 704 g/mol. The Labute approximate surface area is 255 Å². The number of fused-ring (bicyclic) bond motifs is 1. The molecule has 0 saturated carbocycles. The number of thiophene rings is 1. The molecule has 1 aliphatic rings. The fourth-order valence-corrected chi connectivity index (χ4v) is 7.07. The molecule has 2 aromatic carbocycles. The van der Waals surface area contributed by atoms with E-state index in [4.69, 9.17) is 14.2 Å². The summed E-state index contributed by atoms with van der Waals surface area (Å²) in [7, 11) is 1.58. The summed E-state index contributed by atoms with van der Waals surface area (Å²) in [5.74, 6) is 0.627. The Balaban J connectivity index is 1.54. The Morgan fingerprint density at radius 2 is 1.95 bits per heavy atom. The molecule has 7 nitrogen and oxygen atoms in total. The van der Waals surface area contributed by atoms with Gasteiger partial charge < -0.3 is 14.2 Å². The van der Waals surface area contributed by atoms with Crippen molar-refractivity contribution in [1.29, 1.82) is 0 Å². The molecule has 0 N–H and O–H groups in total. The molecule has 0 amide bonds. The number of methoxy groups -OCH3 is 1. The van der Waals surface area contributed by atoms with Crippen LogP contribution < -0.4 is 24.4 Å². The first kappa shape index (κ1) is 28.5. The fourth-order valence-electron chi connectivity index (χ4n) is 4.36. The van der Waals surface area contributed by atoms with Gasteiger partial charge in [0, 0.05) is 9.35 Å². The van der Waals surface area contributed by atoms with E-state index in [1.807, 2.05) is 53.9 Å². The largest absolute Gasteiger partial charge is 0.493 e. The highest BCUT2D eigenvalue weighted by Crippen LogP contribution is 2.38. The molecule has 11 heteroatoms. The summed E-state index contributed by atoms with van der Waals surface area (Å²) in [4.78, 5) is 32.7. The van der Waals surface area contributed by atoms with Crippen molar-refractivity contribution in [2.45, 2.75) is 26.5 Å². The van der Waals surface area contributed by atoms with Gasteiger partial charge in [0.05, 0.1) is 34.0 Å². The second-order valence-electron chi connectivity index (χ2n) is 8.77. The summed E-state index contributed by atoms with van der Waals surface area (Å²) < 4.78 is 20.8. The quantitative estimate of drug-likeness (QED) is 0.211. The van der Waals surface area contributed by atoms with Crippen LogP contribution in [0.1, 0.15) is 35.9 Å². The minimum atomic E-state index is -0.604. The summed E-state index contributed by atoms with van der Waals surface area (Å²) in [5.41, 5.74) is 2.45. The van der Waals surface area contributed by atoms with E-state index in [0.29, 0.717) is 43.2 Å². The minimum absolute atomic E-state index is 0.233. The second kappa shape index (κ2) is 12.3. The van der Waals surface area contributed by atoms with Crippen molar-refractivity contribution in [3.8, 4) is 11.5 Å². The van der Waals surface area contributed by atoms with Crippen molar-refractivity contribution >= 4 is 66.6 Å².